The Kier molecular flexibility index (Phi) is 7.96. The molecule has 0 aliphatic rings. The zero-order chi connectivity index (χ0) is 26.6. The lowest BCUT2D eigenvalue weighted by Gasteiger charge is -2.13. The summed E-state index contributed by atoms with van der Waals surface area (Å²) < 4.78 is 1.61. The maximum atomic E-state index is 12.6. The molecule has 3 heterocycles. The number of aryl methyl sites for hydroxylation is 1. The van der Waals surface area contributed by atoms with Gasteiger partial charge in [-0.15, -0.1) is 11.3 Å². The minimum atomic E-state index is -0.652. The summed E-state index contributed by atoms with van der Waals surface area (Å²) in [5.41, 5.74) is 9.87. The summed E-state index contributed by atoms with van der Waals surface area (Å²) in [6.07, 6.45) is 6.09. The van der Waals surface area contributed by atoms with Crippen LogP contribution in [-0.4, -0.2) is 48.4 Å². The highest BCUT2D eigenvalue weighted by molar-refractivity contribution is 7.13. The van der Waals surface area contributed by atoms with Gasteiger partial charge in [0.05, 0.1) is 41.4 Å². The molecule has 1 amide bonds. The second kappa shape index (κ2) is 11.2. The molecule has 5 N–H and O–H groups in total. The molecule has 3 aromatic heterocycles. The second-order valence-corrected chi connectivity index (χ2v) is 10.9. The van der Waals surface area contributed by atoms with E-state index in [9.17, 15) is 9.90 Å². The first-order valence-electron chi connectivity index (χ1n) is 12.0. The molecule has 1 aromatic carbocycles. The minimum Gasteiger partial charge on any atom is -0.390 e. The van der Waals surface area contributed by atoms with Crippen LogP contribution in [0.25, 0.3) is 11.3 Å². The molecule has 1 atom stereocenters. The molecular weight excluding hydrogens is 488 g/mol. The van der Waals surface area contributed by atoms with E-state index in [4.69, 9.17) is 5.73 Å². The number of carbonyl (C=O) groups is 1. The highest BCUT2D eigenvalue weighted by Crippen LogP contribution is 2.27. The highest BCUT2D eigenvalue weighted by Gasteiger charge is 2.20. The van der Waals surface area contributed by atoms with Crippen molar-refractivity contribution in [2.45, 2.75) is 52.3 Å². The van der Waals surface area contributed by atoms with Gasteiger partial charge in [-0.3, -0.25) is 9.48 Å². The van der Waals surface area contributed by atoms with Crippen molar-refractivity contribution >= 4 is 28.9 Å². The van der Waals surface area contributed by atoms with Crippen molar-refractivity contribution in [2.75, 3.05) is 11.9 Å². The van der Waals surface area contributed by atoms with Gasteiger partial charge in [0.2, 0.25) is 5.95 Å². The van der Waals surface area contributed by atoms with E-state index in [1.807, 2.05) is 31.2 Å². The van der Waals surface area contributed by atoms with Crippen LogP contribution >= 0.6 is 11.3 Å². The van der Waals surface area contributed by atoms with Crippen LogP contribution in [0.1, 0.15) is 46.6 Å². The third kappa shape index (κ3) is 6.76. The van der Waals surface area contributed by atoms with Gasteiger partial charge < -0.3 is 21.5 Å². The summed E-state index contributed by atoms with van der Waals surface area (Å²) in [4.78, 5) is 26.6. The predicted molar refractivity (Wildman–Crippen MR) is 145 cm³/mol. The van der Waals surface area contributed by atoms with Crippen molar-refractivity contribution in [1.82, 2.24) is 30.0 Å². The van der Waals surface area contributed by atoms with Crippen LogP contribution in [0.2, 0.25) is 0 Å². The summed E-state index contributed by atoms with van der Waals surface area (Å²) in [6.45, 7) is 9.17. The van der Waals surface area contributed by atoms with Crippen molar-refractivity contribution in [1.29, 1.82) is 0 Å². The van der Waals surface area contributed by atoms with Crippen LogP contribution in [-0.2, 0) is 18.5 Å². The van der Waals surface area contributed by atoms with Crippen molar-refractivity contribution < 1.29 is 9.90 Å². The average Bonchev–Trinajstić information content (AvgIpc) is 3.53. The molecule has 11 heteroatoms. The van der Waals surface area contributed by atoms with Gasteiger partial charge >= 0.3 is 0 Å². The Hall–Kier alpha value is -3.67. The van der Waals surface area contributed by atoms with Crippen LogP contribution in [0.15, 0.2) is 49.1 Å². The summed E-state index contributed by atoms with van der Waals surface area (Å²) in [7, 11) is 0. The van der Waals surface area contributed by atoms with Crippen molar-refractivity contribution in [2.24, 2.45) is 5.73 Å². The molecule has 0 spiro atoms. The Balaban J connectivity index is 1.40. The quantitative estimate of drug-likeness (QED) is 0.263. The van der Waals surface area contributed by atoms with Gasteiger partial charge in [-0.05, 0) is 30.2 Å². The summed E-state index contributed by atoms with van der Waals surface area (Å²) >= 11 is 1.43. The van der Waals surface area contributed by atoms with Crippen LogP contribution < -0.4 is 16.4 Å². The normalized spacial score (nSPS) is 12.4. The molecule has 0 fully saturated rings. The first-order chi connectivity index (χ1) is 17.6. The van der Waals surface area contributed by atoms with Crippen molar-refractivity contribution in [3.63, 3.8) is 0 Å². The fourth-order valence-corrected chi connectivity index (χ4v) is 4.46. The molecule has 0 unspecified atom stereocenters. The van der Waals surface area contributed by atoms with Gasteiger partial charge in [0.1, 0.15) is 4.88 Å². The number of nitrogens with two attached hydrogens (primary N) is 1. The lowest BCUT2D eigenvalue weighted by atomic mass is 9.98. The Bertz CT molecular complexity index is 1370. The number of nitrogens with zero attached hydrogens (tertiary/aromatic N) is 5. The average molecular weight is 521 g/mol. The molecule has 0 bridgehead atoms. The number of aromatic nitrogens is 5. The van der Waals surface area contributed by atoms with Crippen molar-refractivity contribution in [3.05, 3.63) is 70.1 Å². The van der Waals surface area contributed by atoms with E-state index in [-0.39, 0.29) is 17.9 Å². The number of benzene rings is 1. The molecule has 0 aliphatic carbocycles. The van der Waals surface area contributed by atoms with Gasteiger partial charge in [0, 0.05) is 36.5 Å². The van der Waals surface area contributed by atoms with Crippen LogP contribution in [0.4, 0.5) is 11.6 Å². The van der Waals surface area contributed by atoms with Crippen LogP contribution in [0, 0.1) is 6.92 Å². The lowest BCUT2D eigenvalue weighted by molar-refractivity contribution is 0.0954. The van der Waals surface area contributed by atoms with E-state index >= 15 is 0 Å². The predicted octanol–water partition coefficient (Wildman–Crippen LogP) is 3.40. The number of amides is 1. The van der Waals surface area contributed by atoms with Crippen molar-refractivity contribution in [3.8, 4) is 11.3 Å². The molecular formula is C26H32N8O2S. The minimum absolute atomic E-state index is 0.0813. The third-order valence-corrected chi connectivity index (χ3v) is 7.09. The van der Waals surface area contributed by atoms with Gasteiger partial charge in [-0.25, -0.2) is 15.0 Å². The van der Waals surface area contributed by atoms with Gasteiger partial charge in [0.15, 0.2) is 0 Å². The van der Waals surface area contributed by atoms with E-state index < -0.39 is 6.10 Å². The smallest absolute Gasteiger partial charge is 0.263 e. The first kappa shape index (κ1) is 26.4. The number of anilines is 2. The Morgan fingerprint density at radius 1 is 1.22 bits per heavy atom. The van der Waals surface area contributed by atoms with E-state index in [0.717, 1.165) is 27.4 Å². The number of nitrogens with one attached hydrogen (secondary N) is 2. The van der Waals surface area contributed by atoms with E-state index in [1.54, 1.807) is 29.5 Å². The lowest BCUT2D eigenvalue weighted by Crippen LogP contribution is -2.25. The Morgan fingerprint density at radius 3 is 2.73 bits per heavy atom. The van der Waals surface area contributed by atoms with E-state index in [2.05, 4.69) is 51.5 Å². The Labute approximate surface area is 220 Å². The van der Waals surface area contributed by atoms with Crippen LogP contribution in [0.3, 0.4) is 0 Å². The molecule has 0 radical (unpaired) electrons. The molecule has 4 aromatic rings. The van der Waals surface area contributed by atoms with Gasteiger partial charge in [-0.1, -0.05) is 32.9 Å². The number of aliphatic hydroxyl groups is 1. The standard InChI is InChI=1S/C26H32N8O2S/c1-16-9-17(5-6-18(16)11-29-23(36)22-13-30-24(37-22)26(2,3)4)21-7-8-28-25(33-21)32-19-12-31-34(14-19)15-20(35)10-27/h5-9,12-14,20,35H,10-11,15,27H2,1-4H3,(H,29,36)(H,28,32,33)/t20-/m0/s1. The zero-order valence-corrected chi connectivity index (χ0v) is 22.2. The maximum Gasteiger partial charge on any atom is 0.263 e. The van der Waals surface area contributed by atoms with Gasteiger partial charge in [0.25, 0.3) is 5.91 Å². The van der Waals surface area contributed by atoms with E-state index in [0.29, 0.717) is 29.6 Å². The summed E-state index contributed by atoms with van der Waals surface area (Å²) in [5, 5.41) is 21.0. The maximum absolute atomic E-state index is 12.6. The first-order valence-corrected chi connectivity index (χ1v) is 12.8. The largest absolute Gasteiger partial charge is 0.390 e. The fourth-order valence-electron chi connectivity index (χ4n) is 3.57. The summed E-state index contributed by atoms with van der Waals surface area (Å²) in [6, 6.07) is 7.88. The number of hydrogen-bond donors (Lipinski definition) is 4. The molecule has 194 valence electrons. The zero-order valence-electron chi connectivity index (χ0n) is 21.4. The number of thiazole rings is 1. The highest BCUT2D eigenvalue weighted by atomic mass is 32.1. The van der Waals surface area contributed by atoms with Crippen LogP contribution in [0.5, 0.6) is 0 Å². The summed E-state index contributed by atoms with van der Waals surface area (Å²) in [5.74, 6) is 0.313. The van der Waals surface area contributed by atoms with Gasteiger partial charge in [-0.2, -0.15) is 5.10 Å². The number of hydrogen-bond acceptors (Lipinski definition) is 9. The monoisotopic (exact) mass is 520 g/mol. The number of aliphatic hydroxyl groups excluding tert-OH is 1. The fraction of sp³-hybridized carbons (Fsp3) is 0.346. The number of rotatable bonds is 9. The second-order valence-electron chi connectivity index (χ2n) is 9.83. The molecule has 0 saturated carbocycles. The molecule has 0 saturated heterocycles. The molecule has 37 heavy (non-hydrogen) atoms. The molecule has 0 aliphatic heterocycles. The number of carbonyl (C=O) groups excluding carboxylic acids is 1. The molecule has 4 rings (SSSR count). The topological polar surface area (TPSA) is 144 Å². The Morgan fingerprint density at radius 2 is 2.03 bits per heavy atom. The van der Waals surface area contributed by atoms with E-state index in [1.165, 1.54) is 11.3 Å². The third-order valence-electron chi connectivity index (χ3n) is 5.66. The SMILES string of the molecule is Cc1cc(-c2ccnc(Nc3cnn(C[C@@H](O)CN)c3)n2)ccc1CNC(=O)c1cnc(C(C)(C)C)s1. The molecule has 10 nitrogen and oxygen atoms in total.